The van der Waals surface area contributed by atoms with Crippen LogP contribution in [0.1, 0.15) is 37.0 Å². The summed E-state index contributed by atoms with van der Waals surface area (Å²) in [4.78, 5) is 24.2. The van der Waals surface area contributed by atoms with Gasteiger partial charge in [-0.05, 0) is 42.7 Å². The van der Waals surface area contributed by atoms with Gasteiger partial charge in [-0.1, -0.05) is 11.6 Å². The zero-order valence-corrected chi connectivity index (χ0v) is 14.1. The van der Waals surface area contributed by atoms with Crippen LogP contribution in [0.2, 0.25) is 0 Å². The van der Waals surface area contributed by atoms with Crippen molar-refractivity contribution in [3.8, 4) is 0 Å². The normalized spacial score (nSPS) is 23.8. The molecule has 2 aliphatic rings. The van der Waals surface area contributed by atoms with Gasteiger partial charge in [-0.2, -0.15) is 0 Å². The van der Waals surface area contributed by atoms with E-state index in [9.17, 15) is 14.6 Å². The van der Waals surface area contributed by atoms with Crippen molar-refractivity contribution >= 4 is 30.3 Å². The van der Waals surface area contributed by atoms with Gasteiger partial charge < -0.3 is 20.1 Å². The van der Waals surface area contributed by atoms with Crippen molar-refractivity contribution in [3.05, 3.63) is 33.5 Å². The number of carbonyl (C=O) groups is 2. The molecule has 24 heavy (non-hydrogen) atoms. The van der Waals surface area contributed by atoms with Crippen molar-refractivity contribution in [2.45, 2.75) is 50.6 Å². The van der Waals surface area contributed by atoms with Crippen molar-refractivity contribution in [1.82, 2.24) is 5.32 Å². The highest BCUT2D eigenvalue weighted by atomic mass is 32.1. The average molecular weight is 349 g/mol. The molecule has 0 aromatic carbocycles. The molecule has 1 aliphatic heterocycles. The molecule has 1 aromatic rings. The molecule has 1 aliphatic carbocycles. The molecule has 128 valence electrons. The minimum atomic E-state index is -1.20. The summed E-state index contributed by atoms with van der Waals surface area (Å²) < 4.78 is 5.59. The van der Waals surface area contributed by atoms with Gasteiger partial charge in [0.25, 0.3) is 0 Å². The Morgan fingerprint density at radius 2 is 2.25 bits per heavy atom. The van der Waals surface area contributed by atoms with Crippen molar-refractivity contribution in [2.24, 2.45) is 0 Å². The van der Waals surface area contributed by atoms with Gasteiger partial charge in [0.05, 0.1) is 24.9 Å². The molecule has 0 bridgehead atoms. The maximum absolute atomic E-state index is 12.2. The van der Waals surface area contributed by atoms with E-state index in [2.05, 4.69) is 5.32 Å². The lowest BCUT2D eigenvalue weighted by Gasteiger charge is -2.22. The molecule has 8 heteroatoms. The second-order valence-corrected chi connectivity index (χ2v) is 7.26. The van der Waals surface area contributed by atoms with E-state index >= 15 is 0 Å². The lowest BCUT2D eigenvalue weighted by Crippen LogP contribution is -2.49. The topological polar surface area (TPSA) is 95.9 Å². The summed E-state index contributed by atoms with van der Waals surface area (Å²) in [6, 6.07) is 3.79. The molecule has 0 saturated heterocycles. The Bertz CT molecular complexity index is 645. The summed E-state index contributed by atoms with van der Waals surface area (Å²) in [7, 11) is -1.20. The summed E-state index contributed by atoms with van der Waals surface area (Å²) in [5.41, 5.74) is 2.12. The van der Waals surface area contributed by atoms with Gasteiger partial charge in [0.1, 0.15) is 0 Å². The van der Waals surface area contributed by atoms with Crippen LogP contribution in [0.5, 0.6) is 0 Å². The predicted octanol–water partition coefficient (Wildman–Crippen LogP) is 1.54. The first-order valence-corrected chi connectivity index (χ1v) is 8.98. The Morgan fingerprint density at radius 3 is 2.96 bits per heavy atom. The molecule has 3 N–H and O–H groups in total. The quantitative estimate of drug-likeness (QED) is 0.554. The number of carboxylic acids is 1. The van der Waals surface area contributed by atoms with Crippen molar-refractivity contribution in [1.29, 1.82) is 0 Å². The molecule has 2 atom stereocenters. The van der Waals surface area contributed by atoms with Crippen LogP contribution < -0.4 is 5.32 Å². The van der Waals surface area contributed by atoms with E-state index < -0.39 is 25.1 Å². The molecule has 1 unspecified atom stereocenters. The zero-order chi connectivity index (χ0) is 17.1. The Labute approximate surface area is 144 Å². The van der Waals surface area contributed by atoms with E-state index in [4.69, 9.17) is 9.76 Å². The SMILES string of the molecule is O=C(O)CC1OB(O)[C@@H](NC(=O)Cc2cccs2)CC2=C1CCC2. The number of hydrogen-bond acceptors (Lipinski definition) is 5. The smallest absolute Gasteiger partial charge is 0.478 e. The number of rotatable bonds is 5. The monoisotopic (exact) mass is 349 g/mol. The Balaban J connectivity index is 1.68. The molecule has 3 rings (SSSR count). The third-order valence-electron chi connectivity index (χ3n) is 4.50. The second-order valence-electron chi connectivity index (χ2n) is 6.23. The number of hydrogen-bond donors (Lipinski definition) is 3. The molecule has 1 aromatic heterocycles. The Hall–Kier alpha value is -1.64. The van der Waals surface area contributed by atoms with Crippen molar-refractivity contribution in [3.63, 3.8) is 0 Å². The first-order chi connectivity index (χ1) is 11.5. The van der Waals surface area contributed by atoms with E-state index in [0.29, 0.717) is 6.42 Å². The third-order valence-corrected chi connectivity index (χ3v) is 5.38. The fraction of sp³-hybridized carbons (Fsp3) is 0.500. The average Bonchev–Trinajstić information content (AvgIpc) is 3.14. The lowest BCUT2D eigenvalue weighted by atomic mass is 9.75. The Morgan fingerprint density at radius 1 is 1.42 bits per heavy atom. The van der Waals surface area contributed by atoms with E-state index in [1.165, 1.54) is 11.3 Å². The number of carboxylic acid groups (broad SMARTS) is 1. The predicted molar refractivity (Wildman–Crippen MR) is 90.5 cm³/mol. The van der Waals surface area contributed by atoms with Crippen LogP contribution in [0.4, 0.5) is 0 Å². The first-order valence-electron chi connectivity index (χ1n) is 8.11. The summed E-state index contributed by atoms with van der Waals surface area (Å²) in [5, 5.41) is 24.1. The molecular weight excluding hydrogens is 329 g/mol. The van der Waals surface area contributed by atoms with Crippen LogP contribution >= 0.6 is 11.3 Å². The van der Waals surface area contributed by atoms with Gasteiger partial charge in [-0.15, -0.1) is 11.3 Å². The maximum Gasteiger partial charge on any atom is 0.478 e. The summed E-state index contributed by atoms with van der Waals surface area (Å²) in [6.45, 7) is 0. The minimum Gasteiger partial charge on any atom is -0.481 e. The highest BCUT2D eigenvalue weighted by Crippen LogP contribution is 2.36. The van der Waals surface area contributed by atoms with Gasteiger partial charge >= 0.3 is 13.1 Å². The van der Waals surface area contributed by atoms with Gasteiger partial charge in [0.15, 0.2) is 0 Å². The summed E-state index contributed by atoms with van der Waals surface area (Å²) in [5.74, 6) is -1.66. The fourth-order valence-electron chi connectivity index (χ4n) is 3.44. The molecule has 1 amide bonds. The number of amides is 1. The van der Waals surface area contributed by atoms with Crippen LogP contribution in [0.3, 0.4) is 0 Å². The van der Waals surface area contributed by atoms with Gasteiger partial charge in [-0.25, -0.2) is 0 Å². The molecule has 0 radical (unpaired) electrons. The summed E-state index contributed by atoms with van der Waals surface area (Å²) in [6.07, 6.45) is 2.67. The first kappa shape index (κ1) is 17.2. The van der Waals surface area contributed by atoms with E-state index in [1.54, 1.807) is 0 Å². The molecule has 2 heterocycles. The van der Waals surface area contributed by atoms with Crippen molar-refractivity contribution < 1.29 is 24.4 Å². The standard InChI is InChI=1S/C16H20BNO5S/c19-15(8-11-4-2-6-24-11)18-14-7-10-3-1-5-12(10)13(9-16(20)21)23-17(14)22/h2,4,6,13-14,22H,1,3,5,7-9H2,(H,18,19)(H,20,21)/t13?,14-/m0/s1. The van der Waals surface area contributed by atoms with Crippen LogP contribution in [0.15, 0.2) is 28.7 Å². The molecule has 0 saturated carbocycles. The van der Waals surface area contributed by atoms with Crippen LogP contribution in [-0.4, -0.2) is 41.2 Å². The highest BCUT2D eigenvalue weighted by molar-refractivity contribution is 7.10. The van der Waals surface area contributed by atoms with E-state index in [1.807, 2.05) is 17.5 Å². The lowest BCUT2D eigenvalue weighted by molar-refractivity contribution is -0.138. The molecular formula is C16H20BNO5S. The number of carbonyl (C=O) groups excluding carboxylic acids is 1. The largest absolute Gasteiger partial charge is 0.481 e. The molecule has 6 nitrogen and oxygen atoms in total. The number of thiophene rings is 1. The van der Waals surface area contributed by atoms with E-state index in [0.717, 1.165) is 35.3 Å². The second kappa shape index (κ2) is 7.50. The van der Waals surface area contributed by atoms with Gasteiger partial charge in [-0.3, -0.25) is 9.59 Å². The number of nitrogens with one attached hydrogen (secondary N) is 1. The Kier molecular flexibility index (Phi) is 5.38. The number of aliphatic carboxylic acids is 1. The highest BCUT2D eigenvalue weighted by Gasteiger charge is 2.39. The van der Waals surface area contributed by atoms with E-state index in [-0.39, 0.29) is 18.7 Å². The van der Waals surface area contributed by atoms with Crippen molar-refractivity contribution in [2.75, 3.05) is 0 Å². The summed E-state index contributed by atoms with van der Waals surface area (Å²) >= 11 is 1.51. The molecule has 0 spiro atoms. The zero-order valence-electron chi connectivity index (χ0n) is 13.2. The third kappa shape index (κ3) is 4.06. The van der Waals surface area contributed by atoms with Gasteiger partial charge in [0, 0.05) is 4.88 Å². The fourth-order valence-corrected chi connectivity index (χ4v) is 4.15. The van der Waals surface area contributed by atoms with Crippen LogP contribution in [0.25, 0.3) is 0 Å². The van der Waals surface area contributed by atoms with Crippen LogP contribution in [-0.2, 0) is 20.7 Å². The molecule has 0 fully saturated rings. The maximum atomic E-state index is 12.2. The van der Waals surface area contributed by atoms with Gasteiger partial charge in [0.2, 0.25) is 5.91 Å². The van der Waals surface area contributed by atoms with Crippen LogP contribution in [0, 0.1) is 0 Å². The minimum absolute atomic E-state index is 0.161.